The molecule has 0 fully saturated rings. The third-order valence-electron chi connectivity index (χ3n) is 0.637. The largest absolute Gasteiger partial charge is 0.319 e. The highest BCUT2D eigenvalue weighted by atomic mass is 32.2. The summed E-state index contributed by atoms with van der Waals surface area (Å²) in [7, 11) is -1.58. The van der Waals surface area contributed by atoms with Crippen LogP contribution in [-0.4, -0.2) is 27.8 Å². The van der Waals surface area contributed by atoms with Gasteiger partial charge in [0.2, 0.25) is 10.0 Å². The average Bonchev–Trinajstić information content (AvgIpc) is 1.59. The molecule has 50 valence electrons. The second-order valence-electron chi connectivity index (χ2n) is 1.47. The summed E-state index contributed by atoms with van der Waals surface area (Å²) >= 11 is 0. The lowest BCUT2D eigenvalue weighted by atomic mass is 10.8. The Morgan fingerprint density at radius 2 is 2.12 bits per heavy atom. The van der Waals surface area contributed by atoms with Crippen molar-refractivity contribution < 1.29 is 8.42 Å². The number of hydrogen-bond donors (Lipinski definition) is 2. The highest BCUT2D eigenvalue weighted by molar-refractivity contribution is 7.89. The Kier molecular flexibility index (Phi) is 2.96. The van der Waals surface area contributed by atoms with Crippen LogP contribution in [0.4, 0.5) is 0 Å². The van der Waals surface area contributed by atoms with Crippen molar-refractivity contribution in [1.82, 2.24) is 5.32 Å². The molecular weight excluding hydrogens is 128 g/mol. The maximum Gasteiger partial charge on any atom is 0.210 e. The molecule has 0 heterocycles. The molecule has 0 aromatic rings. The van der Waals surface area contributed by atoms with Gasteiger partial charge < -0.3 is 5.32 Å². The van der Waals surface area contributed by atoms with Gasteiger partial charge in [0.05, 0.1) is 5.75 Å². The van der Waals surface area contributed by atoms with Crippen molar-refractivity contribution in [3.8, 4) is 0 Å². The maximum atomic E-state index is 10.1. The minimum atomic E-state index is -3.25. The van der Waals surface area contributed by atoms with Crippen LogP contribution in [0.1, 0.15) is 0 Å². The van der Waals surface area contributed by atoms with Crippen LogP contribution in [0, 0.1) is 0 Å². The molecule has 8 heavy (non-hydrogen) atoms. The summed E-state index contributed by atoms with van der Waals surface area (Å²) in [5, 5.41) is 7.32. The van der Waals surface area contributed by atoms with Crippen molar-refractivity contribution in [2.75, 3.05) is 19.3 Å². The van der Waals surface area contributed by atoms with Crippen molar-refractivity contribution in [1.29, 1.82) is 0 Å². The van der Waals surface area contributed by atoms with Gasteiger partial charge in [-0.1, -0.05) is 0 Å². The van der Waals surface area contributed by atoms with Crippen LogP contribution in [-0.2, 0) is 10.0 Å². The number of nitrogens with two attached hydrogens (primary N) is 1. The summed E-state index contributed by atoms with van der Waals surface area (Å²) in [4.78, 5) is 0. The fraction of sp³-hybridized carbons (Fsp3) is 1.00. The first kappa shape index (κ1) is 7.87. The molecule has 0 aliphatic rings. The van der Waals surface area contributed by atoms with E-state index in [1.165, 1.54) is 0 Å². The van der Waals surface area contributed by atoms with E-state index in [0.717, 1.165) is 0 Å². The Bertz CT molecular complexity index is 139. The zero-order valence-electron chi connectivity index (χ0n) is 4.72. The molecule has 4 nitrogen and oxygen atoms in total. The van der Waals surface area contributed by atoms with E-state index in [0.29, 0.717) is 6.54 Å². The number of rotatable bonds is 3. The first-order valence-corrected chi connectivity index (χ1v) is 3.93. The Morgan fingerprint density at radius 1 is 1.62 bits per heavy atom. The van der Waals surface area contributed by atoms with Gasteiger partial charge in [0.25, 0.3) is 0 Å². The van der Waals surface area contributed by atoms with Crippen LogP contribution in [0.5, 0.6) is 0 Å². The molecule has 0 spiro atoms. The molecule has 0 saturated carbocycles. The van der Waals surface area contributed by atoms with Gasteiger partial charge in [-0.2, -0.15) is 0 Å². The van der Waals surface area contributed by atoms with E-state index in [9.17, 15) is 8.42 Å². The zero-order chi connectivity index (χ0) is 6.62. The lowest BCUT2D eigenvalue weighted by molar-refractivity contribution is 0.595. The van der Waals surface area contributed by atoms with Gasteiger partial charge in [-0.25, -0.2) is 13.6 Å². The molecule has 0 aliphatic heterocycles. The summed E-state index contributed by atoms with van der Waals surface area (Å²) in [5.74, 6) is 0.00347. The summed E-state index contributed by atoms with van der Waals surface area (Å²) in [6, 6.07) is 0. The molecule has 0 unspecified atom stereocenters. The highest BCUT2D eigenvalue weighted by Crippen LogP contribution is 1.71. The predicted molar refractivity (Wildman–Crippen MR) is 31.9 cm³/mol. The van der Waals surface area contributed by atoms with E-state index in [-0.39, 0.29) is 5.75 Å². The molecule has 0 aromatic heterocycles. The maximum absolute atomic E-state index is 10.1. The van der Waals surface area contributed by atoms with E-state index in [1.807, 2.05) is 0 Å². The van der Waals surface area contributed by atoms with Gasteiger partial charge in [0.1, 0.15) is 0 Å². The molecule has 0 saturated heterocycles. The van der Waals surface area contributed by atoms with Crippen LogP contribution in [0.15, 0.2) is 0 Å². The van der Waals surface area contributed by atoms with Gasteiger partial charge in [0, 0.05) is 6.54 Å². The lowest BCUT2D eigenvalue weighted by Crippen LogP contribution is -2.24. The topological polar surface area (TPSA) is 72.2 Å². The van der Waals surface area contributed by atoms with Crippen LogP contribution in [0.25, 0.3) is 0 Å². The van der Waals surface area contributed by atoms with Gasteiger partial charge >= 0.3 is 0 Å². The third-order valence-corrected chi connectivity index (χ3v) is 1.41. The first-order chi connectivity index (χ1) is 3.56. The molecule has 0 atom stereocenters. The van der Waals surface area contributed by atoms with E-state index in [1.54, 1.807) is 7.05 Å². The van der Waals surface area contributed by atoms with Gasteiger partial charge in [-0.05, 0) is 7.05 Å². The van der Waals surface area contributed by atoms with Crippen LogP contribution in [0.2, 0.25) is 0 Å². The van der Waals surface area contributed by atoms with Gasteiger partial charge in [-0.15, -0.1) is 0 Å². The molecular formula is C3H10N2O2S. The molecule has 0 aliphatic carbocycles. The van der Waals surface area contributed by atoms with E-state index < -0.39 is 10.0 Å². The summed E-state index contributed by atoms with van der Waals surface area (Å²) in [6.45, 7) is 0.416. The first-order valence-electron chi connectivity index (χ1n) is 2.21. The fourth-order valence-corrected chi connectivity index (χ4v) is 0.733. The highest BCUT2D eigenvalue weighted by Gasteiger charge is 1.97. The molecule has 0 radical (unpaired) electrons. The van der Waals surface area contributed by atoms with Crippen molar-refractivity contribution in [2.24, 2.45) is 5.14 Å². The van der Waals surface area contributed by atoms with E-state index in [4.69, 9.17) is 0 Å². The van der Waals surface area contributed by atoms with Crippen molar-refractivity contribution in [3.05, 3.63) is 0 Å². The van der Waals surface area contributed by atoms with Crippen LogP contribution < -0.4 is 10.5 Å². The summed E-state index contributed by atoms with van der Waals surface area (Å²) < 4.78 is 20.3. The van der Waals surface area contributed by atoms with Crippen molar-refractivity contribution in [2.45, 2.75) is 0 Å². The monoisotopic (exact) mass is 138 g/mol. The Morgan fingerprint density at radius 3 is 2.25 bits per heavy atom. The molecule has 0 bridgehead atoms. The SMILES string of the molecule is CNCCS(N)(=O)=O. The third kappa shape index (κ3) is 5.87. The zero-order valence-corrected chi connectivity index (χ0v) is 5.53. The number of sulfonamides is 1. The standard InChI is InChI=1S/C3H10N2O2S/c1-5-2-3-8(4,6)7/h5H,2-3H2,1H3,(H2,4,6,7). The predicted octanol–water partition coefficient (Wildman–Crippen LogP) is -1.51. The molecule has 0 rings (SSSR count). The minimum Gasteiger partial charge on any atom is -0.319 e. The van der Waals surface area contributed by atoms with E-state index in [2.05, 4.69) is 10.5 Å². The normalized spacial score (nSPS) is 11.8. The molecule has 0 amide bonds. The van der Waals surface area contributed by atoms with Crippen molar-refractivity contribution >= 4 is 10.0 Å². The minimum absolute atomic E-state index is 0.00347. The van der Waals surface area contributed by atoms with Gasteiger partial charge in [0.15, 0.2) is 0 Å². The van der Waals surface area contributed by atoms with E-state index >= 15 is 0 Å². The number of primary sulfonamides is 1. The van der Waals surface area contributed by atoms with Crippen LogP contribution >= 0.6 is 0 Å². The summed E-state index contributed by atoms with van der Waals surface area (Å²) in [6.07, 6.45) is 0. The summed E-state index contributed by atoms with van der Waals surface area (Å²) in [5.41, 5.74) is 0. The number of hydrogen-bond acceptors (Lipinski definition) is 3. The Balaban J connectivity index is 3.42. The Hall–Kier alpha value is -0.130. The Labute approximate surface area is 49.1 Å². The van der Waals surface area contributed by atoms with Crippen LogP contribution in [0.3, 0.4) is 0 Å². The lowest BCUT2D eigenvalue weighted by Gasteiger charge is -1.93. The second-order valence-corrected chi connectivity index (χ2v) is 3.20. The van der Waals surface area contributed by atoms with Gasteiger partial charge in [-0.3, -0.25) is 0 Å². The second kappa shape index (κ2) is 3.01. The molecule has 5 heteroatoms. The molecule has 3 N–H and O–H groups in total. The smallest absolute Gasteiger partial charge is 0.210 e. The fourth-order valence-electron chi connectivity index (χ4n) is 0.244. The average molecular weight is 138 g/mol. The van der Waals surface area contributed by atoms with Crippen molar-refractivity contribution in [3.63, 3.8) is 0 Å². The molecule has 0 aromatic carbocycles. The number of nitrogens with one attached hydrogen (secondary N) is 1. The quantitative estimate of drug-likeness (QED) is 0.498.